The third kappa shape index (κ3) is 3.25. The summed E-state index contributed by atoms with van der Waals surface area (Å²) in [6, 6.07) is 11.0. The molecule has 0 radical (unpaired) electrons. The number of halogens is 2. The van der Waals surface area contributed by atoms with Crippen molar-refractivity contribution in [1.82, 2.24) is 0 Å². The number of hydrogen-bond acceptors (Lipinski definition) is 1. The molecular formula is C15H10F2O2. The molecule has 0 aliphatic carbocycles. The van der Waals surface area contributed by atoms with Crippen molar-refractivity contribution >= 4 is 11.5 Å². The highest BCUT2D eigenvalue weighted by molar-refractivity contribution is 5.95. The SMILES string of the molecule is O=C(O)C=C(c1cccc(F)c1)c1cccc(F)c1. The third-order valence-electron chi connectivity index (χ3n) is 2.54. The highest BCUT2D eigenvalue weighted by Gasteiger charge is 2.09. The maximum atomic E-state index is 13.2. The Labute approximate surface area is 108 Å². The van der Waals surface area contributed by atoms with E-state index in [0.29, 0.717) is 11.1 Å². The fourth-order valence-corrected chi connectivity index (χ4v) is 1.77. The molecule has 0 heterocycles. The Balaban J connectivity index is 2.57. The summed E-state index contributed by atoms with van der Waals surface area (Å²) in [4.78, 5) is 10.9. The second kappa shape index (κ2) is 5.44. The smallest absolute Gasteiger partial charge is 0.328 e. The summed E-state index contributed by atoms with van der Waals surface area (Å²) in [7, 11) is 0. The first-order chi connectivity index (χ1) is 9.06. The van der Waals surface area contributed by atoms with E-state index < -0.39 is 17.6 Å². The molecule has 19 heavy (non-hydrogen) atoms. The van der Waals surface area contributed by atoms with E-state index in [1.807, 2.05) is 0 Å². The van der Waals surface area contributed by atoms with Crippen LogP contribution in [-0.4, -0.2) is 11.1 Å². The topological polar surface area (TPSA) is 37.3 Å². The zero-order valence-electron chi connectivity index (χ0n) is 9.81. The summed E-state index contributed by atoms with van der Waals surface area (Å²) >= 11 is 0. The number of aliphatic carboxylic acids is 1. The molecule has 0 spiro atoms. The molecule has 2 aromatic rings. The van der Waals surface area contributed by atoms with E-state index in [9.17, 15) is 13.6 Å². The van der Waals surface area contributed by atoms with Crippen LogP contribution in [0.15, 0.2) is 54.6 Å². The molecule has 0 fully saturated rings. The lowest BCUT2D eigenvalue weighted by atomic mass is 9.97. The predicted molar refractivity (Wildman–Crippen MR) is 67.5 cm³/mol. The molecule has 96 valence electrons. The Hall–Kier alpha value is -2.49. The minimum atomic E-state index is -1.18. The van der Waals surface area contributed by atoms with Gasteiger partial charge in [-0.1, -0.05) is 24.3 Å². The van der Waals surface area contributed by atoms with E-state index in [-0.39, 0.29) is 5.57 Å². The molecule has 2 aromatic carbocycles. The Morgan fingerprint density at radius 1 is 0.947 bits per heavy atom. The summed E-state index contributed by atoms with van der Waals surface area (Å²) in [5, 5.41) is 8.88. The van der Waals surface area contributed by atoms with Gasteiger partial charge in [-0.05, 0) is 41.0 Å². The van der Waals surface area contributed by atoms with Crippen molar-refractivity contribution in [3.63, 3.8) is 0 Å². The van der Waals surface area contributed by atoms with Gasteiger partial charge in [0, 0.05) is 6.08 Å². The van der Waals surface area contributed by atoms with E-state index in [4.69, 9.17) is 5.11 Å². The molecule has 4 heteroatoms. The van der Waals surface area contributed by atoms with Crippen LogP contribution in [0, 0.1) is 11.6 Å². The highest BCUT2D eigenvalue weighted by Crippen LogP contribution is 2.24. The molecule has 0 unspecified atom stereocenters. The van der Waals surface area contributed by atoms with Crippen LogP contribution in [0.2, 0.25) is 0 Å². The van der Waals surface area contributed by atoms with Gasteiger partial charge in [0.25, 0.3) is 0 Å². The van der Waals surface area contributed by atoms with Crippen LogP contribution in [0.25, 0.3) is 5.57 Å². The normalized spacial score (nSPS) is 10.0. The van der Waals surface area contributed by atoms with Crippen LogP contribution in [0.3, 0.4) is 0 Å². The summed E-state index contributed by atoms with van der Waals surface area (Å²) in [6.07, 6.45) is 0.934. The van der Waals surface area contributed by atoms with E-state index in [1.54, 1.807) is 12.1 Å². The highest BCUT2D eigenvalue weighted by atomic mass is 19.1. The molecule has 1 N–H and O–H groups in total. The van der Waals surface area contributed by atoms with Crippen molar-refractivity contribution in [2.45, 2.75) is 0 Å². The molecule has 2 rings (SSSR count). The summed E-state index contributed by atoms with van der Waals surface area (Å²) in [6.45, 7) is 0. The molecule has 0 bridgehead atoms. The van der Waals surface area contributed by atoms with Gasteiger partial charge in [0.15, 0.2) is 0 Å². The zero-order chi connectivity index (χ0) is 13.8. The van der Waals surface area contributed by atoms with Crippen LogP contribution in [0.1, 0.15) is 11.1 Å². The van der Waals surface area contributed by atoms with Gasteiger partial charge in [0.1, 0.15) is 11.6 Å². The largest absolute Gasteiger partial charge is 0.478 e. The Morgan fingerprint density at radius 2 is 1.42 bits per heavy atom. The first-order valence-corrected chi connectivity index (χ1v) is 5.53. The standard InChI is InChI=1S/C15H10F2O2/c16-12-5-1-3-10(7-12)14(9-15(18)19)11-4-2-6-13(17)8-11/h1-9H,(H,18,19). The minimum Gasteiger partial charge on any atom is -0.478 e. The number of hydrogen-bond donors (Lipinski definition) is 1. The minimum absolute atomic E-state index is 0.256. The van der Waals surface area contributed by atoms with Gasteiger partial charge in [0.2, 0.25) is 0 Å². The lowest BCUT2D eigenvalue weighted by Crippen LogP contribution is -1.95. The average molecular weight is 260 g/mol. The lowest BCUT2D eigenvalue weighted by Gasteiger charge is -2.08. The van der Waals surface area contributed by atoms with Crippen LogP contribution in [0.4, 0.5) is 8.78 Å². The molecule has 0 atom stereocenters. The van der Waals surface area contributed by atoms with Crippen molar-refractivity contribution in [1.29, 1.82) is 0 Å². The fourth-order valence-electron chi connectivity index (χ4n) is 1.77. The van der Waals surface area contributed by atoms with Crippen LogP contribution >= 0.6 is 0 Å². The first kappa shape index (κ1) is 13.0. The Morgan fingerprint density at radius 3 is 1.79 bits per heavy atom. The summed E-state index contributed by atoms with van der Waals surface area (Å²) in [5.74, 6) is -2.14. The first-order valence-electron chi connectivity index (χ1n) is 5.53. The van der Waals surface area contributed by atoms with E-state index >= 15 is 0 Å². The summed E-state index contributed by atoms with van der Waals surface area (Å²) < 4.78 is 26.4. The zero-order valence-corrected chi connectivity index (χ0v) is 9.81. The Kier molecular flexibility index (Phi) is 3.71. The lowest BCUT2D eigenvalue weighted by molar-refractivity contribution is -0.131. The van der Waals surface area contributed by atoms with Crippen molar-refractivity contribution in [2.75, 3.05) is 0 Å². The maximum Gasteiger partial charge on any atom is 0.328 e. The number of carbonyl (C=O) groups is 1. The molecule has 0 amide bonds. The second-order valence-corrected chi connectivity index (χ2v) is 3.92. The van der Waals surface area contributed by atoms with Crippen molar-refractivity contribution < 1.29 is 18.7 Å². The fraction of sp³-hybridized carbons (Fsp3) is 0. The van der Waals surface area contributed by atoms with E-state index in [0.717, 1.165) is 6.08 Å². The van der Waals surface area contributed by atoms with Gasteiger partial charge in [-0.15, -0.1) is 0 Å². The molecule has 0 aliphatic heterocycles. The monoisotopic (exact) mass is 260 g/mol. The van der Waals surface area contributed by atoms with Crippen molar-refractivity contribution in [2.24, 2.45) is 0 Å². The predicted octanol–water partition coefficient (Wildman–Crippen LogP) is 3.48. The third-order valence-corrected chi connectivity index (χ3v) is 2.54. The van der Waals surface area contributed by atoms with Crippen LogP contribution in [0.5, 0.6) is 0 Å². The quantitative estimate of drug-likeness (QED) is 0.858. The molecular weight excluding hydrogens is 250 g/mol. The molecule has 0 saturated heterocycles. The number of carboxylic acids is 1. The second-order valence-electron chi connectivity index (χ2n) is 3.92. The van der Waals surface area contributed by atoms with E-state index in [2.05, 4.69) is 0 Å². The molecule has 0 aliphatic rings. The van der Waals surface area contributed by atoms with Gasteiger partial charge in [-0.25, -0.2) is 13.6 Å². The van der Waals surface area contributed by atoms with Gasteiger partial charge < -0.3 is 5.11 Å². The number of benzene rings is 2. The maximum absolute atomic E-state index is 13.2. The van der Waals surface area contributed by atoms with Gasteiger partial charge in [-0.3, -0.25) is 0 Å². The number of rotatable bonds is 3. The van der Waals surface area contributed by atoms with Crippen LogP contribution in [-0.2, 0) is 4.79 Å². The molecule has 2 nitrogen and oxygen atoms in total. The van der Waals surface area contributed by atoms with Crippen molar-refractivity contribution in [3.05, 3.63) is 77.4 Å². The number of carboxylic acid groups (broad SMARTS) is 1. The Bertz CT molecular complexity index is 601. The summed E-state index contributed by atoms with van der Waals surface area (Å²) in [5.41, 5.74) is 1.02. The van der Waals surface area contributed by atoms with E-state index in [1.165, 1.54) is 36.4 Å². The van der Waals surface area contributed by atoms with Gasteiger partial charge >= 0.3 is 5.97 Å². The molecule has 0 aromatic heterocycles. The van der Waals surface area contributed by atoms with Gasteiger partial charge in [0.05, 0.1) is 0 Å². The van der Waals surface area contributed by atoms with Gasteiger partial charge in [-0.2, -0.15) is 0 Å². The van der Waals surface area contributed by atoms with Crippen molar-refractivity contribution in [3.8, 4) is 0 Å². The average Bonchev–Trinajstić information content (AvgIpc) is 2.35. The van der Waals surface area contributed by atoms with Crippen LogP contribution < -0.4 is 0 Å². The molecule has 0 saturated carbocycles.